The van der Waals surface area contributed by atoms with Crippen molar-refractivity contribution in [1.82, 2.24) is 19.6 Å². The third-order valence-corrected chi connectivity index (χ3v) is 5.70. The lowest BCUT2D eigenvalue weighted by Gasteiger charge is -2.30. The van der Waals surface area contributed by atoms with Crippen LogP contribution in [0.5, 0.6) is 0 Å². The van der Waals surface area contributed by atoms with Crippen molar-refractivity contribution in [2.75, 3.05) is 13.1 Å². The molecule has 0 radical (unpaired) electrons. The lowest BCUT2D eigenvalue weighted by Crippen LogP contribution is -2.39. The molecule has 0 aliphatic carbocycles. The van der Waals surface area contributed by atoms with Gasteiger partial charge in [-0.3, -0.25) is 4.79 Å². The van der Waals surface area contributed by atoms with E-state index in [1.807, 2.05) is 27.8 Å². The lowest BCUT2D eigenvalue weighted by atomic mass is 9.99. The fourth-order valence-corrected chi connectivity index (χ4v) is 3.71. The number of amides is 1. The minimum Gasteiger partial charge on any atom is -0.341 e. The van der Waals surface area contributed by atoms with E-state index in [0.717, 1.165) is 25.9 Å². The van der Waals surface area contributed by atoms with Crippen LogP contribution in [0.25, 0.3) is 23.0 Å². The molecule has 146 valence electrons. The number of carbonyl (C=O) groups excluding carboxylic acids is 1. The summed E-state index contributed by atoms with van der Waals surface area (Å²) in [5.41, 5.74) is 1.32. The Kier molecular flexibility index (Phi) is 5.30. The highest BCUT2D eigenvalue weighted by molar-refractivity contribution is 9.10. The van der Waals surface area contributed by atoms with Crippen LogP contribution >= 0.6 is 15.9 Å². The van der Waals surface area contributed by atoms with Gasteiger partial charge in [-0.05, 0) is 65.0 Å². The van der Waals surface area contributed by atoms with E-state index in [4.69, 9.17) is 4.52 Å². The van der Waals surface area contributed by atoms with Gasteiger partial charge >= 0.3 is 0 Å². The molecule has 1 saturated heterocycles. The molecule has 1 aliphatic rings. The van der Waals surface area contributed by atoms with Gasteiger partial charge in [0.25, 0.3) is 5.89 Å². The van der Waals surface area contributed by atoms with Gasteiger partial charge in [-0.1, -0.05) is 12.1 Å². The number of likely N-dealkylation sites (tertiary alicyclic amines) is 1. The van der Waals surface area contributed by atoms with Gasteiger partial charge < -0.3 is 14.0 Å². The largest absolute Gasteiger partial charge is 0.341 e. The molecule has 0 bridgehead atoms. The summed E-state index contributed by atoms with van der Waals surface area (Å²) in [5.74, 6) is 1.09. The number of halogens is 2. The molecule has 0 N–H and O–H groups in total. The lowest BCUT2D eigenvalue weighted by molar-refractivity contribution is -0.133. The second-order valence-corrected chi connectivity index (χ2v) is 7.99. The van der Waals surface area contributed by atoms with E-state index in [1.54, 1.807) is 12.1 Å². The van der Waals surface area contributed by atoms with E-state index in [0.29, 0.717) is 33.4 Å². The monoisotopic (exact) mass is 446 g/mol. The van der Waals surface area contributed by atoms with E-state index < -0.39 is 0 Å². The first-order valence-corrected chi connectivity index (χ1v) is 10.0. The van der Waals surface area contributed by atoms with Crippen molar-refractivity contribution in [3.63, 3.8) is 0 Å². The van der Waals surface area contributed by atoms with Crippen molar-refractivity contribution in [2.24, 2.45) is 5.92 Å². The maximum atomic E-state index is 13.4. The highest BCUT2D eigenvalue weighted by atomic mass is 79.9. The van der Waals surface area contributed by atoms with Crippen LogP contribution in [0.3, 0.4) is 0 Å². The molecule has 6 nitrogen and oxygen atoms in total. The first-order chi connectivity index (χ1) is 13.5. The summed E-state index contributed by atoms with van der Waals surface area (Å²) in [6.45, 7) is 4.07. The third kappa shape index (κ3) is 3.87. The fraction of sp³-hybridized carbons (Fsp3) is 0.350. The highest BCUT2D eigenvalue weighted by Crippen LogP contribution is 2.26. The summed E-state index contributed by atoms with van der Waals surface area (Å²) in [4.78, 5) is 19.0. The van der Waals surface area contributed by atoms with Crippen molar-refractivity contribution < 1.29 is 13.7 Å². The van der Waals surface area contributed by atoms with E-state index in [9.17, 15) is 9.18 Å². The van der Waals surface area contributed by atoms with Gasteiger partial charge in [-0.25, -0.2) is 4.39 Å². The van der Waals surface area contributed by atoms with Crippen LogP contribution in [0.2, 0.25) is 0 Å². The number of benzene rings is 1. The van der Waals surface area contributed by atoms with Crippen molar-refractivity contribution >= 4 is 21.8 Å². The Balaban J connectivity index is 1.52. The Labute approximate surface area is 170 Å². The Hall–Kier alpha value is -2.48. The number of nitrogens with zero attached hydrogens (tertiary/aromatic N) is 4. The molecule has 0 atom stereocenters. The first kappa shape index (κ1) is 18.9. The molecule has 3 aromatic rings. The zero-order valence-electron chi connectivity index (χ0n) is 15.4. The zero-order chi connectivity index (χ0) is 19.7. The van der Waals surface area contributed by atoms with Crippen LogP contribution < -0.4 is 0 Å². The van der Waals surface area contributed by atoms with Gasteiger partial charge in [-0.15, -0.1) is 0 Å². The number of hydrogen-bond donors (Lipinski definition) is 0. The van der Waals surface area contributed by atoms with Gasteiger partial charge in [0.2, 0.25) is 11.7 Å². The molecule has 1 aliphatic heterocycles. The van der Waals surface area contributed by atoms with E-state index in [-0.39, 0.29) is 18.3 Å². The first-order valence-electron chi connectivity index (χ1n) is 9.23. The van der Waals surface area contributed by atoms with E-state index in [1.165, 1.54) is 6.07 Å². The molecular weight excluding hydrogens is 427 g/mol. The molecule has 3 heterocycles. The van der Waals surface area contributed by atoms with Crippen molar-refractivity contribution in [2.45, 2.75) is 26.3 Å². The zero-order valence-corrected chi connectivity index (χ0v) is 17.0. The number of carbonyl (C=O) groups is 1. The SMILES string of the molecule is CC1CCN(C(=O)Cn2cccc2-c2nc(-c3ccc(F)c(Br)c3)no2)CC1. The normalized spacial score (nSPS) is 15.2. The molecule has 1 fully saturated rings. The summed E-state index contributed by atoms with van der Waals surface area (Å²) < 4.78 is 21.0. The van der Waals surface area contributed by atoms with Crippen molar-refractivity contribution in [3.8, 4) is 23.0 Å². The van der Waals surface area contributed by atoms with Gasteiger partial charge in [0, 0.05) is 24.8 Å². The van der Waals surface area contributed by atoms with Crippen LogP contribution in [0, 0.1) is 11.7 Å². The maximum Gasteiger partial charge on any atom is 0.274 e. The predicted octanol–water partition coefficient (Wildman–Crippen LogP) is 4.37. The minimum atomic E-state index is -0.355. The average molecular weight is 447 g/mol. The highest BCUT2D eigenvalue weighted by Gasteiger charge is 2.22. The Morgan fingerprint density at radius 1 is 1.32 bits per heavy atom. The van der Waals surface area contributed by atoms with E-state index in [2.05, 4.69) is 33.0 Å². The van der Waals surface area contributed by atoms with E-state index >= 15 is 0 Å². The Morgan fingerprint density at radius 2 is 2.11 bits per heavy atom. The molecule has 1 amide bonds. The van der Waals surface area contributed by atoms with Crippen LogP contribution in [0.4, 0.5) is 4.39 Å². The van der Waals surface area contributed by atoms with Crippen LogP contribution in [-0.4, -0.2) is 38.6 Å². The number of aromatic nitrogens is 3. The molecule has 1 aromatic carbocycles. The number of hydrogen-bond acceptors (Lipinski definition) is 4. The van der Waals surface area contributed by atoms with Crippen LogP contribution in [-0.2, 0) is 11.3 Å². The fourth-order valence-electron chi connectivity index (χ4n) is 3.33. The minimum absolute atomic E-state index is 0.0894. The number of rotatable bonds is 4. The molecule has 0 saturated carbocycles. The molecular formula is C20H20BrFN4O2. The summed E-state index contributed by atoms with van der Waals surface area (Å²) >= 11 is 3.16. The van der Waals surface area contributed by atoms with Crippen LogP contribution in [0.1, 0.15) is 19.8 Å². The second kappa shape index (κ2) is 7.87. The second-order valence-electron chi connectivity index (χ2n) is 7.14. The molecule has 28 heavy (non-hydrogen) atoms. The number of piperidine rings is 1. The molecule has 8 heteroatoms. The Morgan fingerprint density at radius 3 is 2.86 bits per heavy atom. The smallest absolute Gasteiger partial charge is 0.274 e. The molecule has 2 aromatic heterocycles. The Bertz CT molecular complexity index is 992. The van der Waals surface area contributed by atoms with Gasteiger partial charge in [0.1, 0.15) is 18.1 Å². The average Bonchev–Trinajstić information content (AvgIpc) is 3.33. The molecule has 0 spiro atoms. The molecule has 4 rings (SSSR count). The molecule has 0 unspecified atom stereocenters. The van der Waals surface area contributed by atoms with Crippen molar-refractivity contribution in [3.05, 3.63) is 46.8 Å². The van der Waals surface area contributed by atoms with Gasteiger partial charge in [0.15, 0.2) is 0 Å². The standard InChI is InChI=1S/C20H20BrFN4O2/c1-13-6-9-25(10-7-13)18(27)12-26-8-2-3-17(26)20-23-19(24-28-20)14-4-5-16(22)15(21)11-14/h2-5,8,11,13H,6-7,9-10,12H2,1H3. The summed E-state index contributed by atoms with van der Waals surface area (Å²) in [5, 5.41) is 3.99. The quantitative estimate of drug-likeness (QED) is 0.596. The summed E-state index contributed by atoms with van der Waals surface area (Å²) in [7, 11) is 0. The topological polar surface area (TPSA) is 64.2 Å². The third-order valence-electron chi connectivity index (χ3n) is 5.09. The van der Waals surface area contributed by atoms with Gasteiger partial charge in [0.05, 0.1) is 4.47 Å². The predicted molar refractivity (Wildman–Crippen MR) is 106 cm³/mol. The summed E-state index contributed by atoms with van der Waals surface area (Å²) in [6.07, 6.45) is 3.92. The van der Waals surface area contributed by atoms with Crippen LogP contribution in [0.15, 0.2) is 45.5 Å². The summed E-state index contributed by atoms with van der Waals surface area (Å²) in [6, 6.07) is 8.22. The van der Waals surface area contributed by atoms with Crippen molar-refractivity contribution in [1.29, 1.82) is 0 Å². The maximum absolute atomic E-state index is 13.4. The van der Waals surface area contributed by atoms with Gasteiger partial charge in [-0.2, -0.15) is 4.98 Å².